The third-order valence-corrected chi connectivity index (χ3v) is 4.89. The summed E-state index contributed by atoms with van der Waals surface area (Å²) < 4.78 is 14.8. The predicted molar refractivity (Wildman–Crippen MR) is 113 cm³/mol. The number of nitrogens with one attached hydrogen (secondary N) is 2. The fraction of sp³-hybridized carbons (Fsp3) is 0.391. The topological polar surface area (TPSA) is 61.4 Å². The van der Waals surface area contributed by atoms with Gasteiger partial charge in [-0.3, -0.25) is 9.59 Å². The molecule has 0 radical (unpaired) electrons. The Bertz CT molecular complexity index is 934. The summed E-state index contributed by atoms with van der Waals surface area (Å²) in [7, 11) is 1.75. The fourth-order valence-corrected chi connectivity index (χ4v) is 3.62. The van der Waals surface area contributed by atoms with Crippen molar-refractivity contribution in [2.75, 3.05) is 25.5 Å². The molecule has 5 nitrogen and oxygen atoms in total. The highest BCUT2D eigenvalue weighted by atomic mass is 19.1. The second-order valence-electron chi connectivity index (χ2n) is 8.75. The van der Waals surface area contributed by atoms with E-state index in [0.717, 1.165) is 5.56 Å². The predicted octanol–water partition coefficient (Wildman–Crippen LogP) is 3.84. The number of anilines is 1. The minimum Gasteiger partial charge on any atom is -0.341 e. The summed E-state index contributed by atoms with van der Waals surface area (Å²) in [5.74, 6) is -0.970. The van der Waals surface area contributed by atoms with Crippen molar-refractivity contribution in [3.8, 4) is 0 Å². The lowest BCUT2D eigenvalue weighted by Gasteiger charge is -2.26. The molecule has 0 aliphatic carbocycles. The average molecular weight is 397 g/mol. The van der Waals surface area contributed by atoms with Gasteiger partial charge in [0, 0.05) is 31.3 Å². The van der Waals surface area contributed by atoms with Crippen molar-refractivity contribution < 1.29 is 14.0 Å². The highest BCUT2D eigenvalue weighted by Crippen LogP contribution is 2.25. The molecule has 154 valence electrons. The summed E-state index contributed by atoms with van der Waals surface area (Å²) in [5, 5.41) is 5.86. The first-order chi connectivity index (χ1) is 13.7. The quantitative estimate of drug-likeness (QED) is 0.824. The van der Waals surface area contributed by atoms with E-state index in [1.807, 2.05) is 6.07 Å². The summed E-state index contributed by atoms with van der Waals surface area (Å²) >= 11 is 0. The molecule has 0 aromatic heterocycles. The highest BCUT2D eigenvalue weighted by Gasteiger charge is 2.21. The van der Waals surface area contributed by atoms with Crippen LogP contribution in [0, 0.1) is 11.2 Å². The molecular weight excluding hydrogens is 369 g/mol. The van der Waals surface area contributed by atoms with Crippen LogP contribution < -0.4 is 10.6 Å². The molecule has 1 heterocycles. The van der Waals surface area contributed by atoms with Gasteiger partial charge in [-0.15, -0.1) is 0 Å². The van der Waals surface area contributed by atoms with Crippen molar-refractivity contribution in [3.05, 3.63) is 64.5 Å². The van der Waals surface area contributed by atoms with Gasteiger partial charge in [-0.05, 0) is 53.8 Å². The summed E-state index contributed by atoms with van der Waals surface area (Å²) in [4.78, 5) is 27.0. The number of hydrogen-bond acceptors (Lipinski definition) is 3. The van der Waals surface area contributed by atoms with E-state index in [-0.39, 0.29) is 22.8 Å². The van der Waals surface area contributed by atoms with E-state index in [2.05, 4.69) is 31.4 Å². The van der Waals surface area contributed by atoms with Gasteiger partial charge < -0.3 is 15.5 Å². The molecule has 0 spiro atoms. The molecule has 0 unspecified atom stereocenters. The van der Waals surface area contributed by atoms with E-state index in [1.54, 1.807) is 42.3 Å². The van der Waals surface area contributed by atoms with Crippen molar-refractivity contribution in [2.24, 2.45) is 5.41 Å². The molecular formula is C23H28FN3O2. The number of benzene rings is 2. The smallest absolute Gasteiger partial charge is 0.255 e. The Morgan fingerprint density at radius 3 is 2.62 bits per heavy atom. The first kappa shape index (κ1) is 21.0. The zero-order valence-electron chi connectivity index (χ0n) is 17.4. The van der Waals surface area contributed by atoms with E-state index in [0.29, 0.717) is 42.7 Å². The van der Waals surface area contributed by atoms with E-state index < -0.39 is 5.91 Å². The highest BCUT2D eigenvalue weighted by molar-refractivity contribution is 6.06. The molecule has 0 bridgehead atoms. The Morgan fingerprint density at radius 2 is 1.90 bits per heavy atom. The van der Waals surface area contributed by atoms with Crippen molar-refractivity contribution in [3.63, 3.8) is 0 Å². The standard InChI is InChI=1S/C23H28FN3O2/c1-23(2,3)14-27(4)22(29)16-7-5-6-15(12-16)21(28)26-19-9-8-17-13-25-11-10-18(17)20(19)24/h5-9,12,25H,10-11,13-14H2,1-4H3,(H,26,28). The van der Waals surface area contributed by atoms with Crippen LogP contribution in [0.4, 0.5) is 10.1 Å². The fourth-order valence-electron chi connectivity index (χ4n) is 3.62. The van der Waals surface area contributed by atoms with Crippen LogP contribution in [-0.4, -0.2) is 36.9 Å². The van der Waals surface area contributed by atoms with E-state index in [9.17, 15) is 14.0 Å². The minimum atomic E-state index is -0.439. The van der Waals surface area contributed by atoms with Crippen molar-refractivity contribution >= 4 is 17.5 Å². The number of carbonyl (C=O) groups is 2. The van der Waals surface area contributed by atoms with Crippen LogP contribution in [0.25, 0.3) is 0 Å². The molecule has 0 saturated heterocycles. The molecule has 2 aromatic rings. The van der Waals surface area contributed by atoms with Crippen molar-refractivity contribution in [2.45, 2.75) is 33.7 Å². The number of carbonyl (C=O) groups excluding carboxylic acids is 2. The van der Waals surface area contributed by atoms with Crippen molar-refractivity contribution in [1.29, 1.82) is 0 Å². The lowest BCUT2D eigenvalue weighted by Crippen LogP contribution is -2.34. The number of amides is 2. The summed E-state index contributed by atoms with van der Waals surface area (Å²) in [6, 6.07) is 9.95. The van der Waals surface area contributed by atoms with E-state index in [4.69, 9.17) is 0 Å². The molecule has 0 fully saturated rings. The molecule has 2 N–H and O–H groups in total. The number of rotatable bonds is 4. The van der Waals surface area contributed by atoms with Crippen LogP contribution >= 0.6 is 0 Å². The molecule has 29 heavy (non-hydrogen) atoms. The second kappa shape index (κ2) is 8.33. The van der Waals surface area contributed by atoms with Gasteiger partial charge in [0.1, 0.15) is 5.82 Å². The van der Waals surface area contributed by atoms with Gasteiger partial charge >= 0.3 is 0 Å². The van der Waals surface area contributed by atoms with Gasteiger partial charge in [0.2, 0.25) is 0 Å². The Morgan fingerprint density at radius 1 is 1.17 bits per heavy atom. The monoisotopic (exact) mass is 397 g/mol. The molecule has 3 rings (SSSR count). The van der Waals surface area contributed by atoms with Gasteiger partial charge in [0.05, 0.1) is 5.69 Å². The van der Waals surface area contributed by atoms with Gasteiger partial charge in [0.25, 0.3) is 11.8 Å². The maximum absolute atomic E-state index is 14.8. The normalized spacial score (nSPS) is 13.6. The molecule has 0 atom stereocenters. The number of fused-ring (bicyclic) bond motifs is 1. The third kappa shape index (κ3) is 5.01. The van der Waals surface area contributed by atoms with Crippen LogP contribution in [0.2, 0.25) is 0 Å². The Balaban J connectivity index is 1.77. The molecule has 2 aromatic carbocycles. The SMILES string of the molecule is CN(CC(C)(C)C)C(=O)c1cccc(C(=O)Nc2ccc3c(c2F)CCNC3)c1. The van der Waals surface area contributed by atoms with E-state index in [1.165, 1.54) is 0 Å². The Hall–Kier alpha value is -2.73. The Kier molecular flexibility index (Phi) is 6.03. The zero-order chi connectivity index (χ0) is 21.2. The van der Waals surface area contributed by atoms with Crippen LogP contribution in [0.3, 0.4) is 0 Å². The number of hydrogen-bond donors (Lipinski definition) is 2. The molecule has 0 saturated carbocycles. The van der Waals surface area contributed by atoms with Gasteiger partial charge in [-0.1, -0.05) is 32.9 Å². The molecule has 6 heteroatoms. The molecule has 1 aliphatic heterocycles. The lowest BCUT2D eigenvalue weighted by atomic mass is 9.96. The Labute approximate surface area is 171 Å². The maximum Gasteiger partial charge on any atom is 0.255 e. The second-order valence-corrected chi connectivity index (χ2v) is 8.75. The zero-order valence-corrected chi connectivity index (χ0v) is 17.4. The van der Waals surface area contributed by atoms with Gasteiger partial charge in [-0.25, -0.2) is 4.39 Å². The number of halogens is 1. The lowest BCUT2D eigenvalue weighted by molar-refractivity contribution is 0.0745. The van der Waals surface area contributed by atoms with Crippen LogP contribution in [-0.2, 0) is 13.0 Å². The van der Waals surface area contributed by atoms with Gasteiger partial charge in [-0.2, -0.15) is 0 Å². The van der Waals surface area contributed by atoms with E-state index >= 15 is 0 Å². The van der Waals surface area contributed by atoms with Crippen molar-refractivity contribution in [1.82, 2.24) is 10.2 Å². The largest absolute Gasteiger partial charge is 0.341 e. The number of nitrogens with zero attached hydrogens (tertiary/aromatic N) is 1. The summed E-state index contributed by atoms with van der Waals surface area (Å²) in [5.41, 5.74) is 2.45. The average Bonchev–Trinajstić information content (AvgIpc) is 2.68. The maximum atomic E-state index is 14.8. The third-order valence-electron chi connectivity index (χ3n) is 4.89. The van der Waals surface area contributed by atoms with Crippen LogP contribution in [0.5, 0.6) is 0 Å². The van der Waals surface area contributed by atoms with Crippen LogP contribution in [0.1, 0.15) is 52.6 Å². The van der Waals surface area contributed by atoms with Gasteiger partial charge in [0.15, 0.2) is 0 Å². The molecule has 2 amide bonds. The molecule has 1 aliphatic rings. The summed E-state index contributed by atoms with van der Waals surface area (Å²) in [6.45, 7) is 8.12. The summed E-state index contributed by atoms with van der Waals surface area (Å²) in [6.07, 6.45) is 0.592. The first-order valence-electron chi connectivity index (χ1n) is 9.83. The van der Waals surface area contributed by atoms with Crippen LogP contribution in [0.15, 0.2) is 36.4 Å². The minimum absolute atomic E-state index is 0.0289. The first-order valence-corrected chi connectivity index (χ1v) is 9.83.